The maximum Gasteiger partial charge on any atom is 0.273 e. The van der Waals surface area contributed by atoms with E-state index < -0.39 is 0 Å². The van der Waals surface area contributed by atoms with Crippen molar-refractivity contribution in [2.24, 2.45) is 5.10 Å². The first-order chi connectivity index (χ1) is 13.1. The lowest BCUT2D eigenvalue weighted by Crippen LogP contribution is -2.18. The van der Waals surface area contributed by atoms with Crippen LogP contribution in [-0.2, 0) is 6.61 Å². The molecule has 0 saturated carbocycles. The summed E-state index contributed by atoms with van der Waals surface area (Å²) in [6.45, 7) is 2.57. The molecule has 5 nitrogen and oxygen atoms in total. The fourth-order valence-electron chi connectivity index (χ4n) is 2.43. The average Bonchev–Trinajstić information content (AvgIpc) is 2.69. The third kappa shape index (κ3) is 5.19. The van der Waals surface area contributed by atoms with Gasteiger partial charge in [-0.25, -0.2) is 5.43 Å². The van der Waals surface area contributed by atoms with E-state index in [2.05, 4.69) is 41.7 Å². The van der Waals surface area contributed by atoms with Gasteiger partial charge in [0.15, 0.2) is 0 Å². The first-order valence-corrected chi connectivity index (χ1v) is 8.58. The van der Waals surface area contributed by atoms with E-state index in [1.165, 1.54) is 5.56 Å². The Hall–Kier alpha value is -3.60. The summed E-state index contributed by atoms with van der Waals surface area (Å²) in [6.07, 6.45) is 1.57. The second-order valence-corrected chi connectivity index (χ2v) is 6.13. The number of carbonyl (C=O) groups excluding carboxylic acids is 1. The van der Waals surface area contributed by atoms with Crippen LogP contribution in [0.1, 0.15) is 27.0 Å². The molecule has 3 N–H and O–H groups in total. The zero-order chi connectivity index (χ0) is 19.1. The molecule has 3 aromatic carbocycles. The number of hydrogen-bond acceptors (Lipinski definition) is 4. The van der Waals surface area contributed by atoms with Gasteiger partial charge >= 0.3 is 0 Å². The number of anilines is 1. The van der Waals surface area contributed by atoms with Crippen LogP contribution >= 0.6 is 0 Å². The van der Waals surface area contributed by atoms with Crippen LogP contribution in [0.2, 0.25) is 0 Å². The molecule has 1 amide bonds. The Morgan fingerprint density at radius 3 is 2.44 bits per heavy atom. The molecular formula is C22H21N3O2. The average molecular weight is 359 g/mol. The Morgan fingerprint density at radius 1 is 1.04 bits per heavy atom. The molecule has 0 atom stereocenters. The molecule has 0 aliphatic rings. The normalized spacial score (nSPS) is 10.7. The summed E-state index contributed by atoms with van der Waals surface area (Å²) in [4.78, 5) is 12.0. The predicted octanol–water partition coefficient (Wildman–Crippen LogP) is 3.92. The Morgan fingerprint density at radius 2 is 1.74 bits per heavy atom. The van der Waals surface area contributed by atoms with Crippen molar-refractivity contribution in [1.82, 2.24) is 5.43 Å². The molecule has 136 valence electrons. The van der Waals surface area contributed by atoms with Gasteiger partial charge in [0, 0.05) is 5.69 Å². The topological polar surface area (TPSA) is 76.7 Å². The van der Waals surface area contributed by atoms with Gasteiger partial charge in [0.25, 0.3) is 5.91 Å². The van der Waals surface area contributed by atoms with Gasteiger partial charge in [-0.3, -0.25) is 4.79 Å². The van der Waals surface area contributed by atoms with Crippen molar-refractivity contribution in [2.45, 2.75) is 13.5 Å². The Kier molecular flexibility index (Phi) is 5.84. The third-order valence-corrected chi connectivity index (χ3v) is 3.99. The number of rotatable bonds is 6. The number of ether oxygens (including phenoxy) is 1. The van der Waals surface area contributed by atoms with Crippen molar-refractivity contribution in [3.8, 4) is 5.75 Å². The van der Waals surface area contributed by atoms with Crippen LogP contribution in [0.25, 0.3) is 0 Å². The molecule has 0 heterocycles. The molecule has 27 heavy (non-hydrogen) atoms. The minimum Gasteiger partial charge on any atom is -0.489 e. The molecule has 0 aromatic heterocycles. The molecule has 0 fully saturated rings. The van der Waals surface area contributed by atoms with E-state index >= 15 is 0 Å². The van der Waals surface area contributed by atoms with Crippen LogP contribution in [0.3, 0.4) is 0 Å². The van der Waals surface area contributed by atoms with Crippen LogP contribution in [0.15, 0.2) is 77.9 Å². The number of para-hydroxylation sites is 1. The minimum atomic E-state index is -0.345. The Balaban J connectivity index is 1.52. The van der Waals surface area contributed by atoms with Gasteiger partial charge in [-0.05, 0) is 54.4 Å². The molecule has 0 bridgehead atoms. The lowest BCUT2D eigenvalue weighted by molar-refractivity contribution is 0.0956. The van der Waals surface area contributed by atoms with E-state index in [1.807, 2.05) is 24.3 Å². The number of benzene rings is 3. The Bertz CT molecular complexity index is 933. The van der Waals surface area contributed by atoms with Gasteiger partial charge in [-0.15, -0.1) is 0 Å². The molecule has 3 aromatic rings. The molecule has 0 radical (unpaired) electrons. The summed E-state index contributed by atoms with van der Waals surface area (Å²) in [5.41, 5.74) is 12.3. The van der Waals surface area contributed by atoms with Crippen LogP contribution in [-0.4, -0.2) is 12.1 Å². The van der Waals surface area contributed by atoms with Crippen LogP contribution < -0.4 is 15.9 Å². The van der Waals surface area contributed by atoms with Gasteiger partial charge in [-0.1, -0.05) is 42.0 Å². The maximum absolute atomic E-state index is 12.0. The number of carbonyl (C=O) groups is 1. The van der Waals surface area contributed by atoms with Crippen molar-refractivity contribution < 1.29 is 9.53 Å². The quantitative estimate of drug-likeness (QED) is 0.398. The second kappa shape index (κ2) is 8.67. The zero-order valence-corrected chi connectivity index (χ0v) is 15.1. The predicted molar refractivity (Wildman–Crippen MR) is 108 cm³/mol. The van der Waals surface area contributed by atoms with Crippen LogP contribution in [0, 0.1) is 6.92 Å². The molecule has 0 spiro atoms. The molecule has 0 aliphatic heterocycles. The van der Waals surface area contributed by atoms with Crippen molar-refractivity contribution in [3.05, 3.63) is 95.1 Å². The summed E-state index contributed by atoms with van der Waals surface area (Å²) in [5.74, 6) is 0.427. The molecule has 0 saturated heterocycles. The SMILES string of the molecule is Cc1ccc(COc2ccc(/C=N/NC(=O)c3ccccc3N)cc2)cc1. The number of nitrogen functional groups attached to an aromatic ring is 1. The molecule has 0 aliphatic carbocycles. The van der Waals surface area contributed by atoms with Gasteiger partial charge < -0.3 is 10.5 Å². The Labute approximate surface area is 158 Å². The van der Waals surface area contributed by atoms with Crippen molar-refractivity contribution in [3.63, 3.8) is 0 Å². The third-order valence-electron chi connectivity index (χ3n) is 3.99. The van der Waals surface area contributed by atoms with E-state index in [1.54, 1.807) is 30.5 Å². The smallest absolute Gasteiger partial charge is 0.273 e. The van der Waals surface area contributed by atoms with Crippen molar-refractivity contribution in [1.29, 1.82) is 0 Å². The molecule has 0 unspecified atom stereocenters. The van der Waals surface area contributed by atoms with Gasteiger partial charge in [0.2, 0.25) is 0 Å². The van der Waals surface area contributed by atoms with Gasteiger partial charge in [-0.2, -0.15) is 5.10 Å². The number of amides is 1. The van der Waals surface area contributed by atoms with E-state index in [4.69, 9.17) is 10.5 Å². The number of hydrogen-bond donors (Lipinski definition) is 2. The summed E-state index contributed by atoms with van der Waals surface area (Å²) < 4.78 is 5.77. The zero-order valence-electron chi connectivity index (χ0n) is 15.1. The van der Waals surface area contributed by atoms with Gasteiger partial charge in [0.05, 0.1) is 11.8 Å². The summed E-state index contributed by atoms with van der Waals surface area (Å²) in [6, 6.07) is 22.6. The standard InChI is InChI=1S/C22H21N3O2/c1-16-6-8-18(9-7-16)15-27-19-12-10-17(11-13-19)14-24-25-22(26)20-4-2-3-5-21(20)23/h2-14H,15,23H2,1H3,(H,25,26)/b24-14+. The number of hydrazone groups is 1. The second-order valence-electron chi connectivity index (χ2n) is 6.13. The largest absolute Gasteiger partial charge is 0.489 e. The molecular weight excluding hydrogens is 338 g/mol. The number of aryl methyl sites for hydroxylation is 1. The van der Waals surface area contributed by atoms with Crippen LogP contribution in [0.4, 0.5) is 5.69 Å². The number of nitrogens with two attached hydrogens (primary N) is 1. The lowest BCUT2D eigenvalue weighted by atomic mass is 10.2. The maximum atomic E-state index is 12.0. The lowest BCUT2D eigenvalue weighted by Gasteiger charge is -2.07. The van der Waals surface area contributed by atoms with E-state index in [0.29, 0.717) is 17.9 Å². The van der Waals surface area contributed by atoms with Crippen molar-refractivity contribution in [2.75, 3.05) is 5.73 Å². The minimum absolute atomic E-state index is 0.345. The molecule has 5 heteroatoms. The first-order valence-electron chi connectivity index (χ1n) is 8.58. The highest BCUT2D eigenvalue weighted by atomic mass is 16.5. The summed E-state index contributed by atoms with van der Waals surface area (Å²) >= 11 is 0. The summed E-state index contributed by atoms with van der Waals surface area (Å²) in [5, 5.41) is 3.97. The van der Waals surface area contributed by atoms with E-state index in [-0.39, 0.29) is 5.91 Å². The highest BCUT2D eigenvalue weighted by molar-refractivity contribution is 5.99. The fraction of sp³-hybridized carbons (Fsp3) is 0.0909. The highest BCUT2D eigenvalue weighted by Gasteiger charge is 2.06. The molecule has 3 rings (SSSR count). The number of nitrogens with one attached hydrogen (secondary N) is 1. The fourth-order valence-corrected chi connectivity index (χ4v) is 2.43. The van der Waals surface area contributed by atoms with E-state index in [0.717, 1.165) is 16.9 Å². The van der Waals surface area contributed by atoms with Crippen LogP contribution in [0.5, 0.6) is 5.75 Å². The monoisotopic (exact) mass is 359 g/mol. The van der Waals surface area contributed by atoms with Gasteiger partial charge in [0.1, 0.15) is 12.4 Å². The summed E-state index contributed by atoms with van der Waals surface area (Å²) in [7, 11) is 0. The van der Waals surface area contributed by atoms with E-state index in [9.17, 15) is 4.79 Å². The highest BCUT2D eigenvalue weighted by Crippen LogP contribution is 2.14. The number of nitrogens with zero attached hydrogens (tertiary/aromatic N) is 1. The van der Waals surface area contributed by atoms with Crippen molar-refractivity contribution >= 4 is 17.8 Å². The first kappa shape index (κ1) is 18.2.